The van der Waals surface area contributed by atoms with Gasteiger partial charge in [0.15, 0.2) is 5.75 Å². The van der Waals surface area contributed by atoms with Crippen molar-refractivity contribution in [2.45, 2.75) is 5.92 Å². The summed E-state index contributed by atoms with van der Waals surface area (Å²) in [5.74, 6) is -0.953. The maximum absolute atomic E-state index is 13.0. The Labute approximate surface area is 187 Å². The van der Waals surface area contributed by atoms with Crippen LogP contribution in [0.15, 0.2) is 63.1 Å². The third-order valence-electron chi connectivity index (χ3n) is 5.86. The fourth-order valence-corrected chi connectivity index (χ4v) is 4.34. The number of allylic oxidation sites excluding steroid dienone is 1. The average Bonchev–Trinajstić information content (AvgIpc) is 2.83. The number of hydrogen-bond donors (Lipinski definition) is 1. The van der Waals surface area contributed by atoms with Crippen LogP contribution < -0.4 is 21.0 Å². The lowest BCUT2D eigenvalue weighted by Gasteiger charge is -2.29. The number of nitrogens with two attached hydrogens (primary N) is 1. The van der Waals surface area contributed by atoms with Gasteiger partial charge in [-0.05, 0) is 23.8 Å². The molecule has 1 unspecified atom stereocenters. The highest BCUT2D eigenvalue weighted by Gasteiger charge is 2.36. The molecular weight excluding hydrogens is 428 g/mol. The average molecular weight is 446 g/mol. The Bertz CT molecular complexity index is 1410. The molecule has 0 aliphatic carbocycles. The number of nitro benzene ring substituents is 1. The molecule has 2 aromatic carbocycles. The summed E-state index contributed by atoms with van der Waals surface area (Å²) in [6, 6.07) is 13.5. The van der Waals surface area contributed by atoms with Crippen LogP contribution in [0.1, 0.15) is 17.0 Å². The molecular formula is C23H18N4O6. The highest BCUT2D eigenvalue weighted by Crippen LogP contribution is 2.45. The van der Waals surface area contributed by atoms with E-state index in [1.165, 1.54) is 6.07 Å². The quantitative estimate of drug-likeness (QED) is 0.364. The zero-order valence-corrected chi connectivity index (χ0v) is 17.3. The first kappa shape index (κ1) is 20.5. The predicted molar refractivity (Wildman–Crippen MR) is 118 cm³/mol. The first-order chi connectivity index (χ1) is 16.0. The summed E-state index contributed by atoms with van der Waals surface area (Å²) in [4.78, 5) is 26.3. The second-order valence-corrected chi connectivity index (χ2v) is 7.66. The SMILES string of the molecule is N#CC1=C(N)Oc2c(c(=O)oc3ccccc23)C1c1ccc(N2CCOCC2)c([N+](=O)[O-])c1. The van der Waals surface area contributed by atoms with Gasteiger partial charge in [-0.15, -0.1) is 0 Å². The monoisotopic (exact) mass is 446 g/mol. The first-order valence-corrected chi connectivity index (χ1v) is 10.2. The van der Waals surface area contributed by atoms with E-state index in [2.05, 4.69) is 0 Å². The van der Waals surface area contributed by atoms with Crippen molar-refractivity contribution in [2.75, 3.05) is 31.2 Å². The Morgan fingerprint density at radius 2 is 1.94 bits per heavy atom. The van der Waals surface area contributed by atoms with E-state index in [1.807, 2.05) is 11.0 Å². The molecule has 33 heavy (non-hydrogen) atoms. The van der Waals surface area contributed by atoms with Crippen molar-refractivity contribution in [1.29, 1.82) is 5.26 Å². The molecule has 2 aliphatic heterocycles. The van der Waals surface area contributed by atoms with Gasteiger partial charge in [0.1, 0.15) is 22.9 Å². The van der Waals surface area contributed by atoms with Crippen LogP contribution in [0.5, 0.6) is 5.75 Å². The lowest BCUT2D eigenvalue weighted by molar-refractivity contribution is -0.384. The summed E-state index contributed by atoms with van der Waals surface area (Å²) in [7, 11) is 0. The number of fused-ring (bicyclic) bond motifs is 3. The smallest absolute Gasteiger partial charge is 0.344 e. The molecule has 166 valence electrons. The van der Waals surface area contributed by atoms with Crippen molar-refractivity contribution in [1.82, 2.24) is 0 Å². The van der Waals surface area contributed by atoms with Gasteiger partial charge in [0, 0.05) is 19.2 Å². The predicted octanol–water partition coefficient (Wildman–Crippen LogP) is 2.76. The molecule has 1 aromatic heterocycles. The van der Waals surface area contributed by atoms with Gasteiger partial charge in [0.25, 0.3) is 5.69 Å². The molecule has 2 N–H and O–H groups in total. The number of hydrogen-bond acceptors (Lipinski definition) is 9. The van der Waals surface area contributed by atoms with Crippen molar-refractivity contribution < 1.29 is 18.8 Å². The molecule has 3 aromatic rings. The zero-order valence-electron chi connectivity index (χ0n) is 17.3. The zero-order chi connectivity index (χ0) is 23.1. The third kappa shape index (κ3) is 3.35. The third-order valence-corrected chi connectivity index (χ3v) is 5.86. The van der Waals surface area contributed by atoms with Gasteiger partial charge in [-0.2, -0.15) is 5.26 Å². The van der Waals surface area contributed by atoms with Crippen LogP contribution in [-0.4, -0.2) is 31.2 Å². The molecule has 0 radical (unpaired) electrons. The second-order valence-electron chi connectivity index (χ2n) is 7.66. The number of anilines is 1. The number of benzene rings is 2. The number of nitro groups is 1. The van der Waals surface area contributed by atoms with Crippen LogP contribution in [-0.2, 0) is 4.74 Å². The Kier molecular flexibility index (Phi) is 4.95. The van der Waals surface area contributed by atoms with E-state index in [4.69, 9.17) is 19.6 Å². The number of nitriles is 1. The highest BCUT2D eigenvalue weighted by molar-refractivity contribution is 5.86. The topological polar surface area (TPSA) is 145 Å². The summed E-state index contributed by atoms with van der Waals surface area (Å²) in [6.45, 7) is 1.98. The maximum atomic E-state index is 13.0. The molecule has 0 spiro atoms. The number of ether oxygens (including phenoxy) is 2. The molecule has 1 saturated heterocycles. The van der Waals surface area contributed by atoms with Crippen molar-refractivity contribution in [3.8, 4) is 11.8 Å². The van der Waals surface area contributed by atoms with Crippen LogP contribution in [0.3, 0.4) is 0 Å². The van der Waals surface area contributed by atoms with Crippen molar-refractivity contribution in [3.05, 3.63) is 85.6 Å². The summed E-state index contributed by atoms with van der Waals surface area (Å²) < 4.78 is 16.5. The van der Waals surface area contributed by atoms with E-state index in [0.717, 1.165) is 0 Å². The van der Waals surface area contributed by atoms with Crippen LogP contribution in [0.25, 0.3) is 11.0 Å². The molecule has 0 saturated carbocycles. The van der Waals surface area contributed by atoms with E-state index >= 15 is 0 Å². The number of para-hydroxylation sites is 1. The van der Waals surface area contributed by atoms with Gasteiger partial charge >= 0.3 is 5.63 Å². The normalized spacial score (nSPS) is 17.9. The molecule has 1 fully saturated rings. The van der Waals surface area contributed by atoms with Gasteiger partial charge in [-0.25, -0.2) is 4.79 Å². The van der Waals surface area contributed by atoms with Gasteiger partial charge in [-0.1, -0.05) is 18.2 Å². The minimum atomic E-state index is -0.975. The molecule has 1 atom stereocenters. The van der Waals surface area contributed by atoms with E-state index in [-0.39, 0.29) is 28.5 Å². The fraction of sp³-hybridized carbons (Fsp3) is 0.217. The van der Waals surface area contributed by atoms with E-state index < -0.39 is 16.5 Å². The molecule has 5 rings (SSSR count). The lowest BCUT2D eigenvalue weighted by Crippen LogP contribution is -2.36. The summed E-state index contributed by atoms with van der Waals surface area (Å²) in [6.07, 6.45) is 0. The van der Waals surface area contributed by atoms with Crippen molar-refractivity contribution >= 4 is 22.3 Å². The largest absolute Gasteiger partial charge is 0.439 e. The van der Waals surface area contributed by atoms with Crippen LogP contribution >= 0.6 is 0 Å². The van der Waals surface area contributed by atoms with E-state index in [9.17, 15) is 20.2 Å². The first-order valence-electron chi connectivity index (χ1n) is 10.2. The Morgan fingerprint density at radius 3 is 2.67 bits per heavy atom. The number of nitrogens with zero attached hydrogens (tertiary/aromatic N) is 3. The van der Waals surface area contributed by atoms with Crippen LogP contribution in [0.4, 0.5) is 11.4 Å². The number of rotatable bonds is 3. The molecule has 0 amide bonds. The molecule has 2 aliphatic rings. The Morgan fingerprint density at radius 1 is 1.18 bits per heavy atom. The summed E-state index contributed by atoms with van der Waals surface area (Å²) in [5.41, 5.74) is 6.41. The fourth-order valence-electron chi connectivity index (χ4n) is 4.34. The van der Waals surface area contributed by atoms with Crippen molar-refractivity contribution in [3.63, 3.8) is 0 Å². The number of morpholine rings is 1. The van der Waals surface area contributed by atoms with E-state index in [0.29, 0.717) is 48.5 Å². The van der Waals surface area contributed by atoms with E-state index in [1.54, 1.807) is 36.4 Å². The maximum Gasteiger partial charge on any atom is 0.344 e. The van der Waals surface area contributed by atoms with Crippen LogP contribution in [0.2, 0.25) is 0 Å². The minimum absolute atomic E-state index is 0.0153. The van der Waals surface area contributed by atoms with Gasteiger partial charge in [-0.3, -0.25) is 10.1 Å². The van der Waals surface area contributed by atoms with Crippen LogP contribution in [0, 0.1) is 21.4 Å². The van der Waals surface area contributed by atoms with Gasteiger partial charge in [0.2, 0.25) is 5.88 Å². The summed E-state index contributed by atoms with van der Waals surface area (Å²) in [5, 5.41) is 22.3. The second kappa shape index (κ2) is 7.96. The molecule has 10 nitrogen and oxygen atoms in total. The molecule has 0 bridgehead atoms. The molecule has 3 heterocycles. The molecule has 10 heteroatoms. The lowest BCUT2D eigenvalue weighted by atomic mass is 9.83. The van der Waals surface area contributed by atoms with Gasteiger partial charge < -0.3 is 24.5 Å². The van der Waals surface area contributed by atoms with Gasteiger partial charge in [0.05, 0.1) is 35.0 Å². The Balaban J connectivity index is 1.73. The van der Waals surface area contributed by atoms with Crippen molar-refractivity contribution in [2.24, 2.45) is 5.73 Å². The standard InChI is InChI=1S/C23H18N4O6/c24-12-15-19(13-5-6-16(17(11-13)27(29)30)26-7-9-31-10-8-26)20-21(33-22(15)25)14-3-1-2-4-18(14)32-23(20)28/h1-6,11,19H,7-10,25H2. The highest BCUT2D eigenvalue weighted by atomic mass is 16.6. The summed E-state index contributed by atoms with van der Waals surface area (Å²) >= 11 is 0. The Hall–Kier alpha value is -4.36. The minimum Gasteiger partial charge on any atom is -0.439 e.